The molecule has 178 valence electrons. The zero-order valence-electron chi connectivity index (χ0n) is 18.7. The minimum Gasteiger partial charge on any atom is -0.487 e. The smallest absolute Gasteiger partial charge is 0.335 e. The van der Waals surface area contributed by atoms with Gasteiger partial charge in [-0.15, -0.1) is 0 Å². The van der Waals surface area contributed by atoms with Gasteiger partial charge < -0.3 is 4.74 Å². The van der Waals surface area contributed by atoms with Gasteiger partial charge in [0, 0.05) is 15.1 Å². The maximum Gasteiger partial charge on any atom is 0.335 e. The second-order valence-corrected chi connectivity index (χ2v) is 10.2. The first kappa shape index (κ1) is 25.2. The Kier molecular flexibility index (Phi) is 7.44. The Balaban J connectivity index is 1.72. The lowest BCUT2D eigenvalue weighted by atomic mass is 10.0. The van der Waals surface area contributed by atoms with Crippen LogP contribution in [-0.4, -0.2) is 17.8 Å². The topological polar surface area (TPSA) is 75.7 Å². The minimum atomic E-state index is -0.798. The van der Waals surface area contributed by atoms with Crippen LogP contribution in [0.25, 0.3) is 6.08 Å². The molecule has 1 aliphatic heterocycles. The average Bonchev–Trinajstić information content (AvgIpc) is 2.78. The fraction of sp³-hybridized carbons (Fsp3) is 0.115. The highest BCUT2D eigenvalue weighted by atomic mass is 79.9. The van der Waals surface area contributed by atoms with E-state index in [1.807, 2.05) is 32.0 Å². The maximum absolute atomic E-state index is 13.3. The number of imide groups is 2. The van der Waals surface area contributed by atoms with Gasteiger partial charge in [0.1, 0.15) is 17.9 Å². The van der Waals surface area contributed by atoms with Crippen LogP contribution in [0.3, 0.4) is 0 Å². The van der Waals surface area contributed by atoms with Crippen LogP contribution in [0, 0.1) is 13.8 Å². The highest BCUT2D eigenvalue weighted by molar-refractivity contribution is 9.11. The molecule has 0 bridgehead atoms. The molecular formula is C26H19Br2ClN2O4. The summed E-state index contributed by atoms with van der Waals surface area (Å²) in [6, 6.07) is 15.2. The van der Waals surface area contributed by atoms with Crippen molar-refractivity contribution in [2.75, 3.05) is 4.90 Å². The van der Waals surface area contributed by atoms with Crippen molar-refractivity contribution in [1.82, 2.24) is 5.32 Å². The predicted octanol–water partition coefficient (Wildman–Crippen LogP) is 6.73. The third kappa shape index (κ3) is 5.50. The number of halogens is 3. The van der Waals surface area contributed by atoms with E-state index in [2.05, 4.69) is 37.2 Å². The molecule has 9 heteroatoms. The van der Waals surface area contributed by atoms with E-state index in [0.29, 0.717) is 31.0 Å². The van der Waals surface area contributed by atoms with Gasteiger partial charge in [0.2, 0.25) is 0 Å². The summed E-state index contributed by atoms with van der Waals surface area (Å²) in [7, 11) is 0. The fourth-order valence-electron chi connectivity index (χ4n) is 3.53. The summed E-state index contributed by atoms with van der Waals surface area (Å²) in [6.45, 7) is 4.03. The van der Waals surface area contributed by atoms with Crippen LogP contribution in [0.2, 0.25) is 5.02 Å². The Hall–Kier alpha value is -2.94. The van der Waals surface area contributed by atoms with Gasteiger partial charge in [-0.3, -0.25) is 14.9 Å². The van der Waals surface area contributed by atoms with Gasteiger partial charge in [-0.1, -0.05) is 45.7 Å². The van der Waals surface area contributed by atoms with Crippen molar-refractivity contribution < 1.29 is 19.1 Å². The second kappa shape index (κ2) is 10.4. The lowest BCUT2D eigenvalue weighted by Crippen LogP contribution is -2.54. The molecule has 1 aliphatic rings. The Morgan fingerprint density at radius 3 is 2.49 bits per heavy atom. The molecule has 1 N–H and O–H groups in total. The van der Waals surface area contributed by atoms with Crippen molar-refractivity contribution in [3.05, 3.63) is 96.4 Å². The van der Waals surface area contributed by atoms with Crippen LogP contribution in [-0.2, 0) is 16.2 Å². The van der Waals surface area contributed by atoms with Crippen LogP contribution < -0.4 is 15.0 Å². The molecule has 1 fully saturated rings. The van der Waals surface area contributed by atoms with E-state index in [9.17, 15) is 14.4 Å². The Bertz CT molecular complexity index is 1400. The molecule has 1 heterocycles. The van der Waals surface area contributed by atoms with Crippen LogP contribution in [0.15, 0.2) is 69.1 Å². The molecular weight excluding hydrogens is 600 g/mol. The zero-order chi connectivity index (χ0) is 25.3. The third-order valence-electron chi connectivity index (χ3n) is 5.46. The summed E-state index contributed by atoms with van der Waals surface area (Å²) in [6.07, 6.45) is 1.42. The fourth-order valence-corrected chi connectivity index (χ4v) is 5.12. The highest BCUT2D eigenvalue weighted by Gasteiger charge is 2.37. The standard InChI is InChI=1S/C26H19Br2ClN2O4/c1-14-6-7-20(8-15(14)2)31-25(33)21(24(32)30-26(31)34)11-17-10-18(27)12-22(28)23(17)35-13-16-4-3-5-19(29)9-16/h3-12H,13H2,1-2H3,(H,30,32,34)/b21-11+. The molecule has 0 radical (unpaired) electrons. The lowest BCUT2D eigenvalue weighted by molar-refractivity contribution is -0.122. The van der Waals surface area contributed by atoms with Gasteiger partial charge in [-0.05, 0) is 88.9 Å². The zero-order valence-corrected chi connectivity index (χ0v) is 22.6. The SMILES string of the molecule is Cc1ccc(N2C(=O)NC(=O)/C(=C\c3cc(Br)cc(Br)c3OCc3cccc(Cl)c3)C2=O)cc1C. The third-order valence-corrected chi connectivity index (χ3v) is 6.74. The number of rotatable bonds is 5. The first-order chi connectivity index (χ1) is 16.6. The van der Waals surface area contributed by atoms with Crippen molar-refractivity contribution in [1.29, 1.82) is 0 Å². The van der Waals surface area contributed by atoms with E-state index in [4.69, 9.17) is 16.3 Å². The average molecular weight is 619 g/mol. The van der Waals surface area contributed by atoms with Gasteiger partial charge >= 0.3 is 6.03 Å². The normalized spacial score (nSPS) is 14.9. The first-order valence-corrected chi connectivity index (χ1v) is 12.5. The van der Waals surface area contributed by atoms with Crippen molar-refractivity contribution in [3.63, 3.8) is 0 Å². The number of hydrogen-bond acceptors (Lipinski definition) is 4. The molecule has 35 heavy (non-hydrogen) atoms. The summed E-state index contributed by atoms with van der Waals surface area (Å²) in [5.41, 5.74) is 3.44. The highest BCUT2D eigenvalue weighted by Crippen LogP contribution is 2.36. The number of carbonyl (C=O) groups excluding carboxylic acids is 3. The van der Waals surface area contributed by atoms with E-state index in [1.165, 1.54) is 6.08 Å². The molecule has 0 atom stereocenters. The number of aryl methyl sites for hydroxylation is 2. The number of hydrogen-bond donors (Lipinski definition) is 1. The Morgan fingerprint density at radius 2 is 1.77 bits per heavy atom. The van der Waals surface area contributed by atoms with Crippen LogP contribution in [0.5, 0.6) is 5.75 Å². The summed E-state index contributed by atoms with van der Waals surface area (Å²) < 4.78 is 7.37. The number of carbonyl (C=O) groups is 3. The molecule has 1 saturated heterocycles. The second-order valence-electron chi connectivity index (χ2n) is 7.95. The molecule has 0 unspecified atom stereocenters. The van der Waals surface area contributed by atoms with Crippen molar-refractivity contribution >= 4 is 73.1 Å². The molecule has 4 rings (SSSR count). The molecule has 0 aliphatic carbocycles. The number of urea groups is 1. The van der Waals surface area contributed by atoms with Crippen molar-refractivity contribution in [2.45, 2.75) is 20.5 Å². The van der Waals surface area contributed by atoms with E-state index >= 15 is 0 Å². The number of nitrogens with one attached hydrogen (secondary N) is 1. The molecule has 6 nitrogen and oxygen atoms in total. The van der Waals surface area contributed by atoms with Crippen LogP contribution in [0.4, 0.5) is 10.5 Å². The monoisotopic (exact) mass is 616 g/mol. The number of anilines is 1. The van der Waals surface area contributed by atoms with E-state index < -0.39 is 17.8 Å². The molecule has 3 aromatic rings. The summed E-state index contributed by atoms with van der Waals surface area (Å²) >= 11 is 13.0. The Morgan fingerprint density at radius 1 is 1.00 bits per heavy atom. The van der Waals surface area contributed by atoms with E-state index in [-0.39, 0.29) is 12.2 Å². The van der Waals surface area contributed by atoms with Gasteiger partial charge in [0.25, 0.3) is 11.8 Å². The minimum absolute atomic E-state index is 0.194. The van der Waals surface area contributed by atoms with Crippen molar-refractivity contribution in [3.8, 4) is 5.75 Å². The number of barbiturate groups is 1. The summed E-state index contributed by atoms with van der Waals surface area (Å²) in [5.74, 6) is -1.08. The molecule has 4 amide bonds. The van der Waals surface area contributed by atoms with Crippen LogP contribution >= 0.6 is 43.5 Å². The van der Waals surface area contributed by atoms with E-state index in [0.717, 1.165) is 21.6 Å². The van der Waals surface area contributed by atoms with Gasteiger partial charge in [-0.25, -0.2) is 9.69 Å². The molecule has 0 saturated carbocycles. The molecule has 0 spiro atoms. The lowest BCUT2D eigenvalue weighted by Gasteiger charge is -2.27. The van der Waals surface area contributed by atoms with Gasteiger partial charge in [0.15, 0.2) is 0 Å². The van der Waals surface area contributed by atoms with Gasteiger partial charge in [-0.2, -0.15) is 0 Å². The quantitative estimate of drug-likeness (QED) is 0.254. The summed E-state index contributed by atoms with van der Waals surface area (Å²) in [4.78, 5) is 39.6. The largest absolute Gasteiger partial charge is 0.487 e. The number of ether oxygens (including phenoxy) is 1. The van der Waals surface area contributed by atoms with Gasteiger partial charge in [0.05, 0.1) is 10.2 Å². The first-order valence-electron chi connectivity index (χ1n) is 10.5. The summed E-state index contributed by atoms with van der Waals surface area (Å²) in [5, 5.41) is 2.84. The van der Waals surface area contributed by atoms with Crippen LogP contribution in [0.1, 0.15) is 22.3 Å². The maximum atomic E-state index is 13.3. The number of amides is 4. The number of nitrogens with zero attached hydrogens (tertiary/aromatic N) is 1. The molecule has 0 aromatic heterocycles. The van der Waals surface area contributed by atoms with Crippen molar-refractivity contribution in [2.24, 2.45) is 0 Å². The van der Waals surface area contributed by atoms with E-state index in [1.54, 1.807) is 36.4 Å². The predicted molar refractivity (Wildman–Crippen MR) is 143 cm³/mol. The number of benzene rings is 3. The molecule has 3 aromatic carbocycles. The Labute approximate surface area is 224 Å².